The van der Waals surface area contributed by atoms with E-state index in [1.165, 1.54) is 4.31 Å². The molecule has 0 aromatic heterocycles. The number of carbonyl (C=O) groups excluding carboxylic acids is 1. The summed E-state index contributed by atoms with van der Waals surface area (Å²) in [6, 6.07) is 33.6. The van der Waals surface area contributed by atoms with Gasteiger partial charge in [0, 0.05) is 0 Å². The highest BCUT2D eigenvalue weighted by Gasteiger charge is 2.28. The zero-order valence-corrected chi connectivity index (χ0v) is 19.9. The maximum atomic E-state index is 13.7. The Balaban J connectivity index is 1.60. The molecule has 4 aromatic carbocycles. The second kappa shape index (κ2) is 11.4. The van der Waals surface area contributed by atoms with Gasteiger partial charge in [0.05, 0.1) is 29.2 Å². The lowest BCUT2D eigenvalue weighted by Crippen LogP contribution is -2.34. The Bertz CT molecular complexity index is 1350. The summed E-state index contributed by atoms with van der Waals surface area (Å²) in [5, 5.41) is 2.83. The summed E-state index contributed by atoms with van der Waals surface area (Å²) in [7, 11) is -3.94. The minimum Gasteiger partial charge on any atom is -0.492 e. The summed E-state index contributed by atoms with van der Waals surface area (Å²) in [4.78, 5) is 13.3. The molecule has 0 bridgehead atoms. The summed E-state index contributed by atoms with van der Waals surface area (Å²) in [5.41, 5.74) is 1.38. The van der Waals surface area contributed by atoms with Gasteiger partial charge >= 0.3 is 0 Å². The molecule has 0 aliphatic rings. The molecule has 0 spiro atoms. The zero-order chi connectivity index (χ0) is 24.5. The van der Waals surface area contributed by atoms with Crippen LogP contribution in [-0.4, -0.2) is 27.5 Å². The van der Waals surface area contributed by atoms with Gasteiger partial charge in [0.2, 0.25) is 0 Å². The smallest absolute Gasteiger partial charge is 0.264 e. The van der Waals surface area contributed by atoms with Crippen molar-refractivity contribution < 1.29 is 17.9 Å². The predicted molar refractivity (Wildman–Crippen MR) is 137 cm³/mol. The first-order valence-corrected chi connectivity index (χ1v) is 12.7. The summed E-state index contributed by atoms with van der Waals surface area (Å²) >= 11 is 0. The van der Waals surface area contributed by atoms with Gasteiger partial charge in [-0.3, -0.25) is 9.10 Å². The Labute approximate surface area is 205 Å². The topological polar surface area (TPSA) is 75.7 Å². The SMILES string of the molecule is O=C(NCCOc1ccccc1)c1ccccc1N(Cc1ccccc1)S(=O)(=O)c1ccccc1. The van der Waals surface area contributed by atoms with Crippen molar-refractivity contribution in [2.24, 2.45) is 0 Å². The lowest BCUT2D eigenvalue weighted by atomic mass is 10.1. The molecule has 0 aliphatic carbocycles. The van der Waals surface area contributed by atoms with Crippen LogP contribution < -0.4 is 14.4 Å². The minimum atomic E-state index is -3.94. The molecule has 0 radical (unpaired) electrons. The van der Waals surface area contributed by atoms with E-state index >= 15 is 0 Å². The molecule has 0 unspecified atom stereocenters. The van der Waals surface area contributed by atoms with Gasteiger partial charge in [-0.1, -0.05) is 78.9 Å². The molecule has 0 heterocycles. The lowest BCUT2D eigenvalue weighted by molar-refractivity contribution is 0.0947. The molecule has 4 rings (SSSR count). The second-order valence-electron chi connectivity index (χ2n) is 7.74. The molecule has 0 saturated heterocycles. The first-order valence-electron chi connectivity index (χ1n) is 11.2. The Hall–Kier alpha value is -4.10. The molecule has 4 aromatic rings. The number of hydrogen-bond donors (Lipinski definition) is 1. The maximum absolute atomic E-state index is 13.7. The quantitative estimate of drug-likeness (QED) is 0.324. The van der Waals surface area contributed by atoms with Crippen molar-refractivity contribution in [1.29, 1.82) is 0 Å². The zero-order valence-electron chi connectivity index (χ0n) is 19.1. The van der Waals surface area contributed by atoms with Crippen molar-refractivity contribution in [2.45, 2.75) is 11.4 Å². The summed E-state index contributed by atoms with van der Waals surface area (Å²) < 4.78 is 34.3. The maximum Gasteiger partial charge on any atom is 0.264 e. The number of anilines is 1. The number of nitrogens with zero attached hydrogens (tertiary/aromatic N) is 1. The summed E-state index contributed by atoms with van der Waals surface area (Å²) in [6.07, 6.45) is 0. The van der Waals surface area contributed by atoms with Crippen LogP contribution in [0.3, 0.4) is 0 Å². The summed E-state index contributed by atoms with van der Waals surface area (Å²) in [5.74, 6) is 0.337. The minimum absolute atomic E-state index is 0.0828. The number of ether oxygens (including phenoxy) is 1. The van der Waals surface area contributed by atoms with E-state index in [1.54, 1.807) is 54.6 Å². The van der Waals surface area contributed by atoms with E-state index in [2.05, 4.69) is 5.32 Å². The predicted octanol–water partition coefficient (Wildman–Crippen LogP) is 4.89. The molecule has 178 valence electrons. The average molecular weight is 487 g/mol. The third-order valence-electron chi connectivity index (χ3n) is 5.32. The second-order valence-corrected chi connectivity index (χ2v) is 9.61. The van der Waals surface area contributed by atoms with Crippen molar-refractivity contribution in [2.75, 3.05) is 17.5 Å². The van der Waals surface area contributed by atoms with Crippen LogP contribution >= 0.6 is 0 Å². The standard InChI is InChI=1S/C28H26N2O4S/c31-28(29-20-21-34-24-14-6-2-7-15-24)26-18-10-11-19-27(26)30(22-23-12-4-1-5-13-23)35(32,33)25-16-8-3-9-17-25/h1-19H,20-22H2,(H,29,31). The fourth-order valence-corrected chi connectivity index (χ4v) is 5.09. The fourth-order valence-electron chi connectivity index (χ4n) is 3.60. The number of rotatable bonds is 10. The van der Waals surface area contributed by atoms with E-state index in [4.69, 9.17) is 4.74 Å². The van der Waals surface area contributed by atoms with Crippen molar-refractivity contribution in [3.63, 3.8) is 0 Å². The van der Waals surface area contributed by atoms with Crippen molar-refractivity contribution in [1.82, 2.24) is 5.32 Å². The number of hydrogen-bond acceptors (Lipinski definition) is 4. The molecule has 0 atom stereocenters. The van der Waals surface area contributed by atoms with Crippen LogP contribution in [0, 0.1) is 0 Å². The number of para-hydroxylation sites is 2. The van der Waals surface area contributed by atoms with Gasteiger partial charge in [-0.2, -0.15) is 0 Å². The molecule has 6 nitrogen and oxygen atoms in total. The van der Waals surface area contributed by atoms with E-state index < -0.39 is 10.0 Å². The Morgan fingerprint density at radius 2 is 1.31 bits per heavy atom. The Morgan fingerprint density at radius 1 is 0.743 bits per heavy atom. The fraction of sp³-hybridized carbons (Fsp3) is 0.107. The third-order valence-corrected chi connectivity index (χ3v) is 7.09. The lowest BCUT2D eigenvalue weighted by Gasteiger charge is -2.26. The van der Waals surface area contributed by atoms with Crippen LogP contribution in [0.4, 0.5) is 5.69 Å². The Kier molecular flexibility index (Phi) is 7.80. The largest absolute Gasteiger partial charge is 0.492 e. The van der Waals surface area contributed by atoms with E-state index in [0.29, 0.717) is 11.4 Å². The molecule has 1 N–H and O–H groups in total. The van der Waals surface area contributed by atoms with Gasteiger partial charge in [0.1, 0.15) is 12.4 Å². The normalized spacial score (nSPS) is 11.0. The van der Waals surface area contributed by atoms with Crippen LogP contribution in [0.15, 0.2) is 120 Å². The van der Waals surface area contributed by atoms with E-state index in [-0.39, 0.29) is 36.1 Å². The monoisotopic (exact) mass is 486 g/mol. The molecule has 7 heteroatoms. The number of carbonyl (C=O) groups is 1. The van der Waals surface area contributed by atoms with Crippen LogP contribution in [0.1, 0.15) is 15.9 Å². The third kappa shape index (κ3) is 6.07. The molecule has 0 fully saturated rings. The molecular weight excluding hydrogens is 460 g/mol. The molecule has 0 aliphatic heterocycles. The van der Waals surface area contributed by atoms with Crippen LogP contribution in [0.5, 0.6) is 5.75 Å². The molecular formula is C28H26N2O4S. The molecule has 0 saturated carbocycles. The van der Waals surface area contributed by atoms with Gasteiger partial charge in [-0.15, -0.1) is 0 Å². The number of sulfonamides is 1. The summed E-state index contributed by atoms with van der Waals surface area (Å²) in [6.45, 7) is 0.639. The van der Waals surface area contributed by atoms with Crippen molar-refractivity contribution in [3.05, 3.63) is 126 Å². The van der Waals surface area contributed by atoms with Gasteiger partial charge in [0.15, 0.2) is 0 Å². The Morgan fingerprint density at radius 3 is 2.00 bits per heavy atom. The van der Waals surface area contributed by atoms with Gasteiger partial charge in [-0.05, 0) is 42.0 Å². The van der Waals surface area contributed by atoms with Crippen LogP contribution in [0.25, 0.3) is 0 Å². The van der Waals surface area contributed by atoms with Gasteiger partial charge in [-0.25, -0.2) is 8.42 Å². The molecule has 35 heavy (non-hydrogen) atoms. The van der Waals surface area contributed by atoms with Crippen LogP contribution in [-0.2, 0) is 16.6 Å². The van der Waals surface area contributed by atoms with Gasteiger partial charge < -0.3 is 10.1 Å². The van der Waals surface area contributed by atoms with Crippen molar-refractivity contribution >= 4 is 21.6 Å². The first kappa shape index (κ1) is 24.0. The van der Waals surface area contributed by atoms with Crippen LogP contribution in [0.2, 0.25) is 0 Å². The number of amides is 1. The van der Waals surface area contributed by atoms with E-state index in [0.717, 1.165) is 5.56 Å². The van der Waals surface area contributed by atoms with Gasteiger partial charge in [0.25, 0.3) is 15.9 Å². The molecule has 1 amide bonds. The highest BCUT2D eigenvalue weighted by Crippen LogP contribution is 2.29. The van der Waals surface area contributed by atoms with E-state index in [9.17, 15) is 13.2 Å². The highest BCUT2D eigenvalue weighted by atomic mass is 32.2. The number of benzene rings is 4. The van der Waals surface area contributed by atoms with E-state index in [1.807, 2.05) is 60.7 Å². The first-order chi connectivity index (χ1) is 17.1. The highest BCUT2D eigenvalue weighted by molar-refractivity contribution is 7.92. The number of nitrogens with one attached hydrogen (secondary N) is 1. The van der Waals surface area contributed by atoms with Crippen molar-refractivity contribution in [3.8, 4) is 5.75 Å². The average Bonchev–Trinajstić information content (AvgIpc) is 2.91.